The number of hydrogen-bond donors (Lipinski definition) is 0. The molecule has 0 saturated carbocycles. The molecule has 0 N–H and O–H groups in total. The predicted molar refractivity (Wildman–Crippen MR) is 120 cm³/mol. The number of hydrogen-bond acceptors (Lipinski definition) is 5. The molecule has 1 heterocycles. The third kappa shape index (κ3) is 5.25. The molecule has 1 atom stereocenters. The van der Waals surface area contributed by atoms with Gasteiger partial charge in [0.2, 0.25) is 5.91 Å². The van der Waals surface area contributed by atoms with E-state index in [2.05, 4.69) is 34.1 Å². The van der Waals surface area contributed by atoms with E-state index in [1.807, 2.05) is 50.1 Å². The second-order valence-electron chi connectivity index (χ2n) is 7.66. The third-order valence-electron chi connectivity index (χ3n) is 5.69. The average Bonchev–Trinajstić information content (AvgIpc) is 2.79. The smallest absolute Gasteiger partial charge is 0.239 e. The summed E-state index contributed by atoms with van der Waals surface area (Å²) in [5.74, 6) is 1.65. The fraction of sp³-hybridized carbons (Fsp3) is 0.458. The van der Waals surface area contributed by atoms with Gasteiger partial charge in [0.1, 0.15) is 0 Å². The minimum atomic E-state index is -0.189. The maximum Gasteiger partial charge on any atom is 0.239 e. The van der Waals surface area contributed by atoms with E-state index in [1.165, 1.54) is 5.69 Å². The van der Waals surface area contributed by atoms with Gasteiger partial charge in [-0.3, -0.25) is 9.69 Å². The van der Waals surface area contributed by atoms with Crippen LogP contribution in [0, 0.1) is 0 Å². The summed E-state index contributed by atoms with van der Waals surface area (Å²) in [6, 6.07) is 16.1. The van der Waals surface area contributed by atoms with Gasteiger partial charge in [0.25, 0.3) is 0 Å². The maximum absolute atomic E-state index is 13.1. The number of methoxy groups -OCH3 is 1. The summed E-state index contributed by atoms with van der Waals surface area (Å²) >= 11 is 0. The van der Waals surface area contributed by atoms with Crippen molar-refractivity contribution in [2.24, 2.45) is 0 Å². The Morgan fingerprint density at radius 3 is 2.40 bits per heavy atom. The molecule has 3 rings (SSSR count). The van der Waals surface area contributed by atoms with Crippen molar-refractivity contribution >= 4 is 11.6 Å². The van der Waals surface area contributed by atoms with Gasteiger partial charge in [-0.15, -0.1) is 0 Å². The Kier molecular flexibility index (Phi) is 7.57. The number of para-hydroxylation sites is 1. The number of likely N-dealkylation sites (N-methyl/N-ethyl adjacent to an activating group) is 1. The second-order valence-corrected chi connectivity index (χ2v) is 7.66. The van der Waals surface area contributed by atoms with Crippen molar-refractivity contribution < 1.29 is 14.3 Å². The van der Waals surface area contributed by atoms with Crippen LogP contribution in [0.1, 0.15) is 19.4 Å². The fourth-order valence-corrected chi connectivity index (χ4v) is 3.79. The number of piperazine rings is 1. The van der Waals surface area contributed by atoms with Gasteiger partial charge in [0.05, 0.1) is 19.8 Å². The molecule has 162 valence electrons. The molecule has 0 spiro atoms. The quantitative estimate of drug-likeness (QED) is 0.667. The number of rotatable bonds is 8. The molecule has 0 radical (unpaired) electrons. The van der Waals surface area contributed by atoms with Crippen LogP contribution >= 0.6 is 0 Å². The summed E-state index contributed by atoms with van der Waals surface area (Å²) < 4.78 is 11.0. The van der Waals surface area contributed by atoms with Crippen molar-refractivity contribution in [2.75, 3.05) is 51.8 Å². The van der Waals surface area contributed by atoms with Gasteiger partial charge in [-0.1, -0.05) is 24.3 Å². The Bertz CT molecular complexity index is 820. The van der Waals surface area contributed by atoms with E-state index in [1.54, 1.807) is 7.11 Å². The first kappa shape index (κ1) is 22.0. The van der Waals surface area contributed by atoms with Gasteiger partial charge in [0.15, 0.2) is 11.5 Å². The number of amides is 1. The minimum Gasteiger partial charge on any atom is -0.493 e. The van der Waals surface area contributed by atoms with E-state index >= 15 is 0 Å². The summed E-state index contributed by atoms with van der Waals surface area (Å²) in [7, 11) is 3.64. The third-order valence-corrected chi connectivity index (χ3v) is 5.69. The predicted octanol–water partition coefficient (Wildman–Crippen LogP) is 3.26. The fourth-order valence-electron chi connectivity index (χ4n) is 3.79. The highest BCUT2D eigenvalue weighted by Gasteiger charge is 2.27. The van der Waals surface area contributed by atoms with Crippen molar-refractivity contribution in [1.82, 2.24) is 9.80 Å². The summed E-state index contributed by atoms with van der Waals surface area (Å²) in [6.07, 6.45) is 0. The first-order chi connectivity index (χ1) is 14.5. The molecule has 1 fully saturated rings. The molecular weight excluding hydrogens is 378 g/mol. The molecule has 0 aromatic heterocycles. The summed E-state index contributed by atoms with van der Waals surface area (Å²) in [6.45, 7) is 8.43. The zero-order valence-corrected chi connectivity index (χ0v) is 18.5. The molecule has 1 aliphatic rings. The van der Waals surface area contributed by atoms with Gasteiger partial charge < -0.3 is 19.3 Å². The topological polar surface area (TPSA) is 45.2 Å². The number of carbonyl (C=O) groups excluding carboxylic acids is 1. The zero-order chi connectivity index (χ0) is 21.5. The van der Waals surface area contributed by atoms with Crippen molar-refractivity contribution in [2.45, 2.75) is 26.4 Å². The Labute approximate surface area is 180 Å². The molecule has 30 heavy (non-hydrogen) atoms. The number of ether oxygens (including phenoxy) is 2. The van der Waals surface area contributed by atoms with Crippen LogP contribution in [0.25, 0.3) is 0 Å². The van der Waals surface area contributed by atoms with Crippen molar-refractivity contribution in [1.29, 1.82) is 0 Å². The molecule has 0 aliphatic carbocycles. The van der Waals surface area contributed by atoms with Crippen LogP contribution < -0.4 is 14.4 Å². The Hall–Kier alpha value is -2.73. The van der Waals surface area contributed by atoms with Crippen molar-refractivity contribution in [3.05, 3.63) is 54.1 Å². The number of carbonyl (C=O) groups is 1. The minimum absolute atomic E-state index is 0.183. The van der Waals surface area contributed by atoms with E-state index in [-0.39, 0.29) is 11.9 Å². The number of anilines is 1. The number of benzene rings is 2. The maximum atomic E-state index is 13.1. The van der Waals surface area contributed by atoms with Crippen LogP contribution in [0.15, 0.2) is 48.5 Å². The standard InChI is InChI=1S/C24H33N3O3/c1-5-30-22-12-11-20(17-23(22)29-4)18-25(3)19(2)24(28)27-15-13-26(14-16-27)21-9-7-6-8-10-21/h6-12,17,19H,5,13-16,18H2,1-4H3/t19-/m1/s1. The van der Waals surface area contributed by atoms with Gasteiger partial charge in [0, 0.05) is 38.4 Å². The molecule has 6 nitrogen and oxygen atoms in total. The van der Waals surface area contributed by atoms with Crippen molar-refractivity contribution in [3.63, 3.8) is 0 Å². The molecule has 1 aliphatic heterocycles. The summed E-state index contributed by atoms with van der Waals surface area (Å²) in [5.41, 5.74) is 2.31. The lowest BCUT2D eigenvalue weighted by molar-refractivity contribution is -0.136. The lowest BCUT2D eigenvalue weighted by Crippen LogP contribution is -2.53. The second kappa shape index (κ2) is 10.3. The highest BCUT2D eigenvalue weighted by atomic mass is 16.5. The number of nitrogens with zero attached hydrogens (tertiary/aromatic N) is 3. The van der Waals surface area contributed by atoms with Gasteiger partial charge in [-0.25, -0.2) is 0 Å². The summed E-state index contributed by atoms with van der Waals surface area (Å²) in [4.78, 5) is 19.5. The molecule has 0 bridgehead atoms. The van der Waals surface area contributed by atoms with E-state index < -0.39 is 0 Å². The van der Waals surface area contributed by atoms with Gasteiger partial charge >= 0.3 is 0 Å². The molecular formula is C24H33N3O3. The monoisotopic (exact) mass is 411 g/mol. The highest BCUT2D eigenvalue weighted by molar-refractivity contribution is 5.81. The zero-order valence-electron chi connectivity index (χ0n) is 18.5. The van der Waals surface area contributed by atoms with Crippen LogP contribution in [-0.2, 0) is 11.3 Å². The van der Waals surface area contributed by atoms with Gasteiger partial charge in [-0.05, 0) is 50.7 Å². The van der Waals surface area contributed by atoms with Crippen molar-refractivity contribution in [3.8, 4) is 11.5 Å². The normalized spacial score (nSPS) is 15.2. The van der Waals surface area contributed by atoms with E-state index in [0.717, 1.165) is 43.2 Å². The molecule has 1 saturated heterocycles. The largest absolute Gasteiger partial charge is 0.493 e. The molecule has 0 unspecified atom stereocenters. The van der Waals surface area contributed by atoms with Gasteiger partial charge in [-0.2, -0.15) is 0 Å². The summed E-state index contributed by atoms with van der Waals surface area (Å²) in [5, 5.41) is 0. The molecule has 6 heteroatoms. The first-order valence-corrected chi connectivity index (χ1v) is 10.6. The SMILES string of the molecule is CCOc1ccc(CN(C)[C@H](C)C(=O)N2CCN(c3ccccc3)CC2)cc1OC. The Balaban J connectivity index is 1.56. The van der Waals surface area contributed by atoms with E-state index in [4.69, 9.17) is 9.47 Å². The van der Waals surface area contributed by atoms with Crippen LogP contribution in [0.4, 0.5) is 5.69 Å². The molecule has 2 aromatic carbocycles. The Morgan fingerprint density at radius 1 is 1.07 bits per heavy atom. The van der Waals surface area contributed by atoms with Crippen LogP contribution in [0.2, 0.25) is 0 Å². The van der Waals surface area contributed by atoms with Crippen LogP contribution in [-0.4, -0.2) is 68.7 Å². The van der Waals surface area contributed by atoms with E-state index in [0.29, 0.717) is 13.2 Å². The lowest BCUT2D eigenvalue weighted by Gasteiger charge is -2.38. The lowest BCUT2D eigenvalue weighted by atomic mass is 10.1. The molecule has 1 amide bonds. The first-order valence-electron chi connectivity index (χ1n) is 10.6. The van der Waals surface area contributed by atoms with E-state index in [9.17, 15) is 4.79 Å². The van der Waals surface area contributed by atoms with Crippen LogP contribution in [0.5, 0.6) is 11.5 Å². The average molecular weight is 412 g/mol. The van der Waals surface area contributed by atoms with Crippen LogP contribution in [0.3, 0.4) is 0 Å². The highest BCUT2D eigenvalue weighted by Crippen LogP contribution is 2.28. The Morgan fingerprint density at radius 2 is 1.77 bits per heavy atom. The molecule has 2 aromatic rings.